The Labute approximate surface area is 80.8 Å². The third-order valence-corrected chi connectivity index (χ3v) is 2.86. The van der Waals surface area contributed by atoms with Crippen molar-refractivity contribution in [2.45, 2.75) is 32.7 Å². The number of nitriles is 1. The molecule has 1 aliphatic heterocycles. The Morgan fingerprint density at radius 1 is 1.69 bits per heavy atom. The van der Waals surface area contributed by atoms with Crippen LogP contribution in [0.4, 0.5) is 0 Å². The van der Waals surface area contributed by atoms with Crippen molar-refractivity contribution < 1.29 is 0 Å². The number of rotatable bonds is 2. The highest BCUT2D eigenvalue weighted by Crippen LogP contribution is 2.34. The smallest absolute Gasteiger partial charge is 0.103 e. The summed E-state index contributed by atoms with van der Waals surface area (Å²) >= 11 is 0. The molecular formula is C11H18N2. The van der Waals surface area contributed by atoms with Crippen molar-refractivity contribution in [3.05, 3.63) is 12.7 Å². The first kappa shape index (κ1) is 10.3. The van der Waals surface area contributed by atoms with Crippen LogP contribution < -0.4 is 0 Å². The second-order valence-electron chi connectivity index (χ2n) is 4.41. The molecule has 0 radical (unpaired) electrons. The van der Waals surface area contributed by atoms with Crippen molar-refractivity contribution in [1.82, 2.24) is 4.90 Å². The van der Waals surface area contributed by atoms with E-state index in [9.17, 15) is 0 Å². The summed E-state index contributed by atoms with van der Waals surface area (Å²) in [6, 6.07) is 2.46. The summed E-state index contributed by atoms with van der Waals surface area (Å²) in [6.45, 7) is 9.94. The maximum Gasteiger partial charge on any atom is 0.103 e. The monoisotopic (exact) mass is 178 g/mol. The van der Waals surface area contributed by atoms with Crippen molar-refractivity contribution in [2.24, 2.45) is 5.41 Å². The van der Waals surface area contributed by atoms with Crippen LogP contribution in [0.2, 0.25) is 0 Å². The van der Waals surface area contributed by atoms with Crippen LogP contribution in [0.5, 0.6) is 0 Å². The van der Waals surface area contributed by atoms with E-state index in [2.05, 4.69) is 31.4 Å². The molecule has 0 saturated carbocycles. The molecule has 0 aromatic rings. The van der Waals surface area contributed by atoms with Gasteiger partial charge >= 0.3 is 0 Å². The quantitative estimate of drug-likeness (QED) is 0.606. The normalized spacial score (nSPS) is 27.9. The molecule has 1 heterocycles. The molecule has 1 fully saturated rings. The third-order valence-electron chi connectivity index (χ3n) is 2.86. The summed E-state index contributed by atoms with van der Waals surface area (Å²) in [5.41, 5.74) is 0.135. The van der Waals surface area contributed by atoms with Gasteiger partial charge in [0.1, 0.15) is 6.04 Å². The Morgan fingerprint density at radius 3 is 2.92 bits per heavy atom. The van der Waals surface area contributed by atoms with Gasteiger partial charge in [0, 0.05) is 6.54 Å². The van der Waals surface area contributed by atoms with E-state index < -0.39 is 0 Å². The van der Waals surface area contributed by atoms with E-state index >= 15 is 0 Å². The van der Waals surface area contributed by atoms with Crippen LogP contribution in [-0.2, 0) is 0 Å². The molecule has 1 unspecified atom stereocenters. The Balaban J connectivity index is 2.74. The van der Waals surface area contributed by atoms with Gasteiger partial charge in [-0.3, -0.25) is 4.90 Å². The molecule has 0 spiro atoms. The van der Waals surface area contributed by atoms with E-state index in [-0.39, 0.29) is 11.5 Å². The maximum absolute atomic E-state index is 9.10. The summed E-state index contributed by atoms with van der Waals surface area (Å²) in [4.78, 5) is 2.22. The van der Waals surface area contributed by atoms with Gasteiger partial charge in [-0.1, -0.05) is 19.9 Å². The molecule has 1 rings (SSSR count). The minimum Gasteiger partial charge on any atom is -0.284 e. The van der Waals surface area contributed by atoms with Crippen LogP contribution in [-0.4, -0.2) is 24.0 Å². The zero-order valence-corrected chi connectivity index (χ0v) is 8.58. The van der Waals surface area contributed by atoms with Crippen molar-refractivity contribution in [1.29, 1.82) is 5.26 Å². The van der Waals surface area contributed by atoms with E-state index in [1.165, 1.54) is 6.42 Å². The molecular weight excluding hydrogens is 160 g/mol. The van der Waals surface area contributed by atoms with E-state index in [4.69, 9.17) is 5.26 Å². The van der Waals surface area contributed by atoms with Gasteiger partial charge in [-0.05, 0) is 24.8 Å². The lowest BCUT2D eigenvalue weighted by atomic mass is 9.77. The zero-order chi connectivity index (χ0) is 9.90. The standard InChI is InChI=1S/C11H18N2/c1-4-7-13-8-5-6-11(2,3)10(13)9-12/h4,10H,1,5-8H2,2-3H3. The highest BCUT2D eigenvalue weighted by Gasteiger charge is 2.36. The van der Waals surface area contributed by atoms with Crippen molar-refractivity contribution >= 4 is 0 Å². The number of hydrogen-bond acceptors (Lipinski definition) is 2. The molecule has 0 amide bonds. The van der Waals surface area contributed by atoms with Crippen LogP contribution in [0.15, 0.2) is 12.7 Å². The van der Waals surface area contributed by atoms with Crippen molar-refractivity contribution in [3.8, 4) is 6.07 Å². The lowest BCUT2D eigenvalue weighted by Gasteiger charge is -2.42. The van der Waals surface area contributed by atoms with Gasteiger partial charge in [0.25, 0.3) is 0 Å². The SMILES string of the molecule is C=CCN1CCCC(C)(C)C1C#N. The summed E-state index contributed by atoms with van der Waals surface area (Å²) in [5.74, 6) is 0. The maximum atomic E-state index is 9.10. The van der Waals surface area contributed by atoms with Crippen molar-refractivity contribution in [3.63, 3.8) is 0 Å². The Morgan fingerprint density at radius 2 is 2.38 bits per heavy atom. The largest absolute Gasteiger partial charge is 0.284 e. The highest BCUT2D eigenvalue weighted by atomic mass is 15.2. The highest BCUT2D eigenvalue weighted by molar-refractivity contribution is 5.04. The molecule has 0 aromatic heterocycles. The summed E-state index contributed by atoms with van der Waals surface area (Å²) < 4.78 is 0. The molecule has 1 saturated heterocycles. The van der Waals surface area contributed by atoms with E-state index in [0.717, 1.165) is 19.5 Å². The molecule has 72 valence electrons. The first-order chi connectivity index (χ1) is 6.11. The topological polar surface area (TPSA) is 27.0 Å². The number of nitrogens with zero attached hydrogens (tertiary/aromatic N) is 2. The molecule has 2 nitrogen and oxygen atoms in total. The first-order valence-corrected chi connectivity index (χ1v) is 4.86. The predicted octanol–water partition coefficient (Wildman–Crippen LogP) is 2.19. The summed E-state index contributed by atoms with van der Waals surface area (Å²) in [6.07, 6.45) is 4.23. The van der Waals surface area contributed by atoms with E-state index in [1.807, 2.05) is 6.08 Å². The average molecular weight is 178 g/mol. The van der Waals surface area contributed by atoms with Crippen LogP contribution in [0.1, 0.15) is 26.7 Å². The predicted molar refractivity (Wildman–Crippen MR) is 54.2 cm³/mol. The molecule has 2 heteroatoms. The fourth-order valence-corrected chi connectivity index (χ4v) is 2.12. The molecule has 0 aromatic carbocycles. The van der Waals surface area contributed by atoms with Crippen LogP contribution in [0, 0.1) is 16.7 Å². The second kappa shape index (κ2) is 3.93. The minimum absolute atomic E-state index is 0.0549. The Kier molecular flexibility index (Phi) is 3.11. The molecule has 0 N–H and O–H groups in total. The van der Waals surface area contributed by atoms with Crippen molar-refractivity contribution in [2.75, 3.05) is 13.1 Å². The Hall–Kier alpha value is -0.810. The molecule has 13 heavy (non-hydrogen) atoms. The van der Waals surface area contributed by atoms with E-state index in [0.29, 0.717) is 0 Å². The zero-order valence-electron chi connectivity index (χ0n) is 8.58. The lowest BCUT2D eigenvalue weighted by molar-refractivity contribution is 0.0827. The van der Waals surface area contributed by atoms with Gasteiger partial charge in [-0.25, -0.2) is 0 Å². The summed E-state index contributed by atoms with van der Waals surface area (Å²) in [7, 11) is 0. The molecule has 0 aliphatic carbocycles. The Bertz CT molecular complexity index is 225. The minimum atomic E-state index is 0.0549. The van der Waals surface area contributed by atoms with E-state index in [1.54, 1.807) is 0 Å². The molecule has 1 aliphatic rings. The van der Waals surface area contributed by atoms with Gasteiger partial charge in [0.2, 0.25) is 0 Å². The van der Waals surface area contributed by atoms with Gasteiger partial charge in [-0.15, -0.1) is 6.58 Å². The van der Waals surface area contributed by atoms with Crippen LogP contribution in [0.25, 0.3) is 0 Å². The fourth-order valence-electron chi connectivity index (χ4n) is 2.12. The first-order valence-electron chi connectivity index (χ1n) is 4.86. The van der Waals surface area contributed by atoms with Gasteiger partial charge in [-0.2, -0.15) is 5.26 Å². The number of hydrogen-bond donors (Lipinski definition) is 0. The third kappa shape index (κ3) is 2.10. The molecule has 0 bridgehead atoms. The lowest BCUT2D eigenvalue weighted by Crippen LogP contribution is -2.48. The number of piperidine rings is 1. The average Bonchev–Trinajstić information content (AvgIpc) is 2.04. The number of likely N-dealkylation sites (tertiary alicyclic amines) is 1. The van der Waals surface area contributed by atoms with Gasteiger partial charge < -0.3 is 0 Å². The van der Waals surface area contributed by atoms with Gasteiger partial charge in [0.05, 0.1) is 6.07 Å². The van der Waals surface area contributed by atoms with Crippen LogP contribution in [0.3, 0.4) is 0 Å². The second-order valence-corrected chi connectivity index (χ2v) is 4.41. The fraction of sp³-hybridized carbons (Fsp3) is 0.727. The van der Waals surface area contributed by atoms with Crippen LogP contribution >= 0.6 is 0 Å². The molecule has 1 atom stereocenters. The van der Waals surface area contributed by atoms with Gasteiger partial charge in [0.15, 0.2) is 0 Å². The summed E-state index contributed by atoms with van der Waals surface area (Å²) in [5, 5.41) is 9.10.